The van der Waals surface area contributed by atoms with Crippen LogP contribution in [0.4, 0.5) is 0 Å². The first-order valence-corrected chi connectivity index (χ1v) is 11.7. The number of benzene rings is 1. The molecule has 1 saturated carbocycles. The molecule has 2 aliphatic heterocycles. The lowest BCUT2D eigenvalue weighted by Crippen LogP contribution is -2.51. The number of aliphatic hydroxyl groups excluding tert-OH is 1. The Kier molecular flexibility index (Phi) is 7.22. The van der Waals surface area contributed by atoms with Crippen molar-refractivity contribution in [2.24, 2.45) is 5.92 Å². The maximum Gasteiger partial charge on any atom is 0.224 e. The number of piperidine rings is 2. The van der Waals surface area contributed by atoms with Gasteiger partial charge in [-0.1, -0.05) is 30.3 Å². The van der Waals surface area contributed by atoms with Crippen LogP contribution >= 0.6 is 0 Å². The van der Waals surface area contributed by atoms with E-state index in [4.69, 9.17) is 0 Å². The van der Waals surface area contributed by atoms with E-state index in [1.165, 1.54) is 18.4 Å². The first kappa shape index (κ1) is 20.8. The van der Waals surface area contributed by atoms with E-state index < -0.39 is 0 Å². The Morgan fingerprint density at radius 2 is 1.69 bits per heavy atom. The minimum Gasteiger partial charge on any atom is -0.393 e. The topological polar surface area (TPSA) is 55.8 Å². The number of rotatable bonds is 5. The molecule has 0 bridgehead atoms. The number of nitrogens with one attached hydrogen (secondary N) is 1. The van der Waals surface area contributed by atoms with Gasteiger partial charge in [0.15, 0.2) is 0 Å². The second kappa shape index (κ2) is 10.1. The third kappa shape index (κ3) is 5.80. The SMILES string of the molecule is O=C(NC1CCC(O)CC1)[C@H]1CCCN(C2CCN(Cc3ccccc3)CC2)C1. The molecule has 1 amide bonds. The molecular weight excluding hydrogens is 362 g/mol. The maximum atomic E-state index is 12.8. The van der Waals surface area contributed by atoms with E-state index in [0.717, 1.165) is 71.2 Å². The molecule has 3 fully saturated rings. The van der Waals surface area contributed by atoms with Crippen molar-refractivity contribution in [3.8, 4) is 0 Å². The largest absolute Gasteiger partial charge is 0.393 e. The Hall–Kier alpha value is -1.43. The number of carbonyl (C=O) groups is 1. The van der Waals surface area contributed by atoms with Gasteiger partial charge < -0.3 is 10.4 Å². The first-order valence-electron chi connectivity index (χ1n) is 11.7. The number of aliphatic hydroxyl groups is 1. The molecule has 4 rings (SSSR count). The molecule has 5 nitrogen and oxygen atoms in total. The van der Waals surface area contributed by atoms with Gasteiger partial charge in [0, 0.05) is 25.2 Å². The number of hydrogen-bond donors (Lipinski definition) is 2. The van der Waals surface area contributed by atoms with Crippen molar-refractivity contribution in [1.29, 1.82) is 0 Å². The van der Waals surface area contributed by atoms with Crippen molar-refractivity contribution >= 4 is 5.91 Å². The predicted octanol–water partition coefficient (Wildman–Crippen LogP) is 2.78. The van der Waals surface area contributed by atoms with E-state index in [9.17, 15) is 9.90 Å². The van der Waals surface area contributed by atoms with Crippen LogP contribution in [-0.2, 0) is 11.3 Å². The molecule has 0 spiro atoms. The lowest BCUT2D eigenvalue weighted by molar-refractivity contribution is -0.128. The average molecular weight is 400 g/mol. The van der Waals surface area contributed by atoms with Gasteiger partial charge >= 0.3 is 0 Å². The molecule has 2 saturated heterocycles. The Morgan fingerprint density at radius 3 is 2.41 bits per heavy atom. The number of hydrogen-bond acceptors (Lipinski definition) is 4. The van der Waals surface area contributed by atoms with Crippen LogP contribution in [-0.4, -0.2) is 65.2 Å². The molecule has 160 valence electrons. The number of amides is 1. The van der Waals surface area contributed by atoms with Gasteiger partial charge in [-0.15, -0.1) is 0 Å². The van der Waals surface area contributed by atoms with Gasteiger partial charge in [-0.2, -0.15) is 0 Å². The monoisotopic (exact) mass is 399 g/mol. The highest BCUT2D eigenvalue weighted by molar-refractivity contribution is 5.79. The summed E-state index contributed by atoms with van der Waals surface area (Å²) in [5.41, 5.74) is 1.40. The summed E-state index contributed by atoms with van der Waals surface area (Å²) in [4.78, 5) is 18.0. The first-order chi connectivity index (χ1) is 14.2. The molecule has 1 aromatic carbocycles. The zero-order chi connectivity index (χ0) is 20.1. The normalized spacial score (nSPS) is 30.2. The van der Waals surface area contributed by atoms with Crippen molar-refractivity contribution < 1.29 is 9.90 Å². The van der Waals surface area contributed by atoms with Gasteiger partial charge in [-0.05, 0) is 76.6 Å². The fourth-order valence-corrected chi connectivity index (χ4v) is 5.38. The van der Waals surface area contributed by atoms with Crippen molar-refractivity contribution in [2.75, 3.05) is 26.2 Å². The highest BCUT2D eigenvalue weighted by Gasteiger charge is 2.32. The number of carbonyl (C=O) groups excluding carboxylic acids is 1. The van der Waals surface area contributed by atoms with Gasteiger partial charge in [-0.3, -0.25) is 14.6 Å². The average Bonchev–Trinajstić information content (AvgIpc) is 2.77. The Balaban J connectivity index is 1.22. The van der Waals surface area contributed by atoms with Gasteiger partial charge in [0.05, 0.1) is 12.0 Å². The van der Waals surface area contributed by atoms with E-state index in [-0.39, 0.29) is 24.0 Å². The number of nitrogens with zero attached hydrogens (tertiary/aromatic N) is 2. The molecule has 5 heteroatoms. The molecule has 0 unspecified atom stereocenters. The van der Waals surface area contributed by atoms with Gasteiger partial charge in [0.25, 0.3) is 0 Å². The summed E-state index contributed by atoms with van der Waals surface area (Å²) in [6, 6.07) is 11.6. The van der Waals surface area contributed by atoms with Crippen molar-refractivity contribution in [1.82, 2.24) is 15.1 Å². The highest BCUT2D eigenvalue weighted by atomic mass is 16.3. The summed E-state index contributed by atoms with van der Waals surface area (Å²) >= 11 is 0. The van der Waals surface area contributed by atoms with Gasteiger partial charge in [-0.25, -0.2) is 0 Å². The summed E-state index contributed by atoms with van der Waals surface area (Å²) in [7, 11) is 0. The second-order valence-corrected chi connectivity index (χ2v) is 9.34. The third-order valence-electron chi connectivity index (χ3n) is 7.19. The van der Waals surface area contributed by atoms with Crippen molar-refractivity contribution in [3.05, 3.63) is 35.9 Å². The summed E-state index contributed by atoms with van der Waals surface area (Å²) in [6.45, 7) is 5.41. The highest BCUT2D eigenvalue weighted by Crippen LogP contribution is 2.26. The van der Waals surface area contributed by atoms with Gasteiger partial charge in [0.2, 0.25) is 5.91 Å². The van der Waals surface area contributed by atoms with Crippen LogP contribution in [0.5, 0.6) is 0 Å². The molecular formula is C24H37N3O2. The molecule has 1 aromatic rings. The van der Waals surface area contributed by atoms with Gasteiger partial charge in [0.1, 0.15) is 0 Å². The minimum atomic E-state index is -0.166. The van der Waals surface area contributed by atoms with Crippen LogP contribution in [0.1, 0.15) is 56.9 Å². The lowest BCUT2D eigenvalue weighted by atomic mass is 9.90. The van der Waals surface area contributed by atoms with Crippen LogP contribution in [0.3, 0.4) is 0 Å². The van der Waals surface area contributed by atoms with Crippen LogP contribution < -0.4 is 5.32 Å². The van der Waals surface area contributed by atoms with Crippen molar-refractivity contribution in [3.63, 3.8) is 0 Å². The molecule has 29 heavy (non-hydrogen) atoms. The minimum absolute atomic E-state index is 0.137. The smallest absolute Gasteiger partial charge is 0.224 e. The Morgan fingerprint density at radius 1 is 0.966 bits per heavy atom. The van der Waals surface area contributed by atoms with E-state index in [2.05, 4.69) is 45.4 Å². The molecule has 2 N–H and O–H groups in total. The summed E-state index contributed by atoms with van der Waals surface area (Å²) in [6.07, 6.45) is 7.89. The Labute approximate surface area is 175 Å². The van der Waals surface area contributed by atoms with Crippen LogP contribution in [0.2, 0.25) is 0 Å². The molecule has 1 atom stereocenters. The predicted molar refractivity (Wildman–Crippen MR) is 115 cm³/mol. The Bertz CT molecular complexity index is 637. The number of likely N-dealkylation sites (tertiary alicyclic amines) is 2. The van der Waals surface area contributed by atoms with E-state index in [1.54, 1.807) is 0 Å². The third-order valence-corrected chi connectivity index (χ3v) is 7.19. The second-order valence-electron chi connectivity index (χ2n) is 9.34. The van der Waals surface area contributed by atoms with E-state index in [1.807, 2.05) is 0 Å². The zero-order valence-corrected chi connectivity index (χ0v) is 17.6. The summed E-state index contributed by atoms with van der Waals surface area (Å²) < 4.78 is 0. The fourth-order valence-electron chi connectivity index (χ4n) is 5.38. The summed E-state index contributed by atoms with van der Waals surface area (Å²) in [5.74, 6) is 0.385. The molecule has 1 aliphatic carbocycles. The van der Waals surface area contributed by atoms with Crippen LogP contribution in [0.25, 0.3) is 0 Å². The molecule has 0 aromatic heterocycles. The lowest BCUT2D eigenvalue weighted by Gasteiger charge is -2.42. The molecule has 3 aliphatic rings. The molecule has 0 radical (unpaired) electrons. The maximum absolute atomic E-state index is 12.8. The fraction of sp³-hybridized carbons (Fsp3) is 0.708. The van der Waals surface area contributed by atoms with E-state index >= 15 is 0 Å². The van der Waals surface area contributed by atoms with Crippen LogP contribution in [0, 0.1) is 5.92 Å². The van der Waals surface area contributed by atoms with E-state index in [0.29, 0.717) is 6.04 Å². The summed E-state index contributed by atoms with van der Waals surface area (Å²) in [5, 5.41) is 12.9. The molecule has 2 heterocycles. The standard InChI is InChI=1S/C24H37N3O2/c28-23-10-8-21(9-11-23)25-24(29)20-7-4-14-27(18-20)22-12-15-26(16-13-22)17-19-5-2-1-3-6-19/h1-3,5-6,20-23,28H,4,7-18H2,(H,25,29)/t20-,21?,23?/m0/s1. The van der Waals surface area contributed by atoms with Crippen LogP contribution in [0.15, 0.2) is 30.3 Å². The van der Waals surface area contributed by atoms with Crippen molar-refractivity contribution in [2.45, 2.75) is 76.1 Å². The zero-order valence-electron chi connectivity index (χ0n) is 17.6. The quantitative estimate of drug-likeness (QED) is 0.799.